The van der Waals surface area contributed by atoms with Crippen LogP contribution in [0, 0.1) is 23.7 Å². The van der Waals surface area contributed by atoms with Crippen molar-refractivity contribution in [2.75, 3.05) is 39.6 Å². The molecule has 0 aromatic rings. The lowest BCUT2D eigenvalue weighted by molar-refractivity contribution is -0.161. The molecule has 0 aliphatic rings. The third-order valence-corrected chi connectivity index (χ3v) is 16.5. The Kier molecular flexibility index (Phi) is 53.0. The van der Waals surface area contributed by atoms with Crippen LogP contribution in [0.1, 0.15) is 306 Å². The van der Waals surface area contributed by atoms with Crippen LogP contribution in [0.25, 0.3) is 0 Å². The minimum absolute atomic E-state index is 0.100. The van der Waals surface area contributed by atoms with Crippen molar-refractivity contribution >= 4 is 39.5 Å². The van der Waals surface area contributed by atoms with E-state index in [1.165, 1.54) is 103 Å². The van der Waals surface area contributed by atoms with Crippen molar-refractivity contribution in [3.05, 3.63) is 0 Å². The van der Waals surface area contributed by atoms with Crippen LogP contribution in [-0.4, -0.2) is 96.7 Å². The molecule has 0 rings (SSSR count). The van der Waals surface area contributed by atoms with Crippen molar-refractivity contribution in [2.24, 2.45) is 23.7 Å². The molecule has 83 heavy (non-hydrogen) atoms. The third kappa shape index (κ3) is 58.8. The predicted octanol–water partition coefficient (Wildman–Crippen LogP) is 17.4. The van der Waals surface area contributed by atoms with Crippen LogP contribution in [-0.2, 0) is 65.4 Å². The van der Waals surface area contributed by atoms with Crippen LogP contribution >= 0.6 is 15.6 Å². The van der Waals surface area contributed by atoms with Gasteiger partial charge in [-0.1, -0.05) is 254 Å². The molecule has 0 spiro atoms. The zero-order valence-electron chi connectivity index (χ0n) is 53.8. The molecular formula is C64H124O17P2. The third-order valence-electron chi connectivity index (χ3n) is 14.6. The Hall–Kier alpha value is -1.94. The molecule has 2 unspecified atom stereocenters. The number of hydrogen-bond acceptors (Lipinski definition) is 15. The van der Waals surface area contributed by atoms with Crippen molar-refractivity contribution in [1.82, 2.24) is 0 Å². The minimum atomic E-state index is -4.95. The van der Waals surface area contributed by atoms with Crippen LogP contribution < -0.4 is 0 Å². The van der Waals surface area contributed by atoms with Crippen molar-refractivity contribution in [2.45, 2.75) is 324 Å². The number of carbonyl (C=O) groups excluding carboxylic acids is 4. The fraction of sp³-hybridized carbons (Fsp3) is 0.938. The second-order valence-corrected chi connectivity index (χ2v) is 28.0. The van der Waals surface area contributed by atoms with E-state index in [0.29, 0.717) is 37.5 Å². The maximum atomic E-state index is 13.0. The summed E-state index contributed by atoms with van der Waals surface area (Å²) in [6.45, 7) is 13.9. The van der Waals surface area contributed by atoms with Gasteiger partial charge in [0, 0.05) is 25.7 Å². The van der Waals surface area contributed by atoms with E-state index in [1.807, 2.05) is 0 Å². The van der Waals surface area contributed by atoms with Gasteiger partial charge in [-0.25, -0.2) is 9.13 Å². The van der Waals surface area contributed by atoms with Gasteiger partial charge in [0.25, 0.3) is 0 Å². The molecule has 0 saturated carbocycles. The Balaban J connectivity index is 5.24. The van der Waals surface area contributed by atoms with Crippen LogP contribution in [0.5, 0.6) is 0 Å². The van der Waals surface area contributed by atoms with Crippen LogP contribution in [0.3, 0.4) is 0 Å². The first-order chi connectivity index (χ1) is 39.6. The lowest BCUT2D eigenvalue weighted by Gasteiger charge is -2.21. The molecule has 0 bridgehead atoms. The molecule has 492 valence electrons. The van der Waals surface area contributed by atoms with E-state index in [2.05, 4.69) is 55.4 Å². The summed E-state index contributed by atoms with van der Waals surface area (Å²) >= 11 is 0. The van der Waals surface area contributed by atoms with Crippen molar-refractivity contribution < 1.29 is 80.2 Å². The minimum Gasteiger partial charge on any atom is -0.462 e. The Labute approximate surface area is 505 Å². The van der Waals surface area contributed by atoms with Gasteiger partial charge in [0.2, 0.25) is 0 Å². The number of phosphoric ester groups is 2. The van der Waals surface area contributed by atoms with Crippen LogP contribution in [0.15, 0.2) is 0 Å². The molecule has 0 radical (unpaired) electrons. The van der Waals surface area contributed by atoms with E-state index in [0.717, 1.165) is 108 Å². The second kappa shape index (κ2) is 54.2. The first-order valence-corrected chi connectivity index (χ1v) is 36.2. The van der Waals surface area contributed by atoms with Crippen LogP contribution in [0.4, 0.5) is 0 Å². The summed E-state index contributed by atoms with van der Waals surface area (Å²) in [5.41, 5.74) is 0. The highest BCUT2D eigenvalue weighted by atomic mass is 31.2. The van der Waals surface area contributed by atoms with Gasteiger partial charge >= 0.3 is 39.5 Å². The zero-order chi connectivity index (χ0) is 61.8. The molecule has 0 aliphatic carbocycles. The van der Waals surface area contributed by atoms with Crippen LogP contribution in [0.2, 0.25) is 0 Å². The molecule has 0 heterocycles. The SMILES string of the molecule is CC(C)CCCCCCCCCCCCCC(=O)O[C@H](COC(=O)CCCCCCCCCCC(C)C)COP(=O)(O)OC[C@@H](O)COP(=O)(O)OC[C@@H](COC(=O)CCCCCCCCC(C)C)OC(=O)CCCCCCCCC(C)C. The lowest BCUT2D eigenvalue weighted by Crippen LogP contribution is -2.30. The average molecular weight is 1230 g/mol. The molecule has 0 fully saturated rings. The monoisotopic (exact) mass is 1230 g/mol. The Morgan fingerprint density at radius 2 is 0.506 bits per heavy atom. The molecule has 0 aliphatic heterocycles. The number of unbranched alkanes of at least 4 members (excludes halogenated alkanes) is 27. The summed E-state index contributed by atoms with van der Waals surface area (Å²) in [5, 5.41) is 10.5. The molecule has 17 nitrogen and oxygen atoms in total. The Bertz CT molecular complexity index is 1660. The molecule has 0 amide bonds. The molecule has 0 aromatic heterocycles. The Morgan fingerprint density at radius 3 is 0.747 bits per heavy atom. The van der Waals surface area contributed by atoms with Crippen molar-refractivity contribution in [3.63, 3.8) is 0 Å². The van der Waals surface area contributed by atoms with Gasteiger partial charge in [-0.05, 0) is 49.4 Å². The fourth-order valence-corrected chi connectivity index (χ4v) is 11.0. The number of ether oxygens (including phenoxy) is 4. The fourth-order valence-electron chi connectivity index (χ4n) is 9.43. The van der Waals surface area contributed by atoms with Crippen molar-refractivity contribution in [1.29, 1.82) is 0 Å². The van der Waals surface area contributed by atoms with Gasteiger partial charge in [0.05, 0.1) is 26.4 Å². The number of hydrogen-bond donors (Lipinski definition) is 3. The Morgan fingerprint density at radius 1 is 0.301 bits per heavy atom. The van der Waals surface area contributed by atoms with Gasteiger partial charge in [0.1, 0.15) is 19.3 Å². The van der Waals surface area contributed by atoms with E-state index in [4.69, 9.17) is 37.0 Å². The first-order valence-electron chi connectivity index (χ1n) is 33.2. The summed E-state index contributed by atoms with van der Waals surface area (Å²) in [5.74, 6) is 0.696. The van der Waals surface area contributed by atoms with Gasteiger partial charge in [-0.2, -0.15) is 0 Å². The largest absolute Gasteiger partial charge is 0.472 e. The molecule has 19 heteroatoms. The lowest BCUT2D eigenvalue weighted by atomic mass is 10.0. The summed E-state index contributed by atoms with van der Waals surface area (Å²) < 4.78 is 67.9. The number of phosphoric acid groups is 2. The van der Waals surface area contributed by atoms with E-state index < -0.39 is 97.5 Å². The van der Waals surface area contributed by atoms with Gasteiger partial charge < -0.3 is 33.8 Å². The summed E-state index contributed by atoms with van der Waals surface area (Å²) in [4.78, 5) is 72.1. The highest BCUT2D eigenvalue weighted by molar-refractivity contribution is 7.47. The summed E-state index contributed by atoms with van der Waals surface area (Å²) in [7, 11) is -9.89. The predicted molar refractivity (Wildman–Crippen MR) is 331 cm³/mol. The zero-order valence-corrected chi connectivity index (χ0v) is 55.6. The summed E-state index contributed by atoms with van der Waals surface area (Å²) in [6.07, 6.45) is 33.8. The second-order valence-electron chi connectivity index (χ2n) is 25.1. The number of aliphatic hydroxyl groups excluding tert-OH is 1. The normalized spacial score (nSPS) is 14.4. The van der Waals surface area contributed by atoms with Gasteiger partial charge in [-0.15, -0.1) is 0 Å². The molecule has 0 saturated heterocycles. The van der Waals surface area contributed by atoms with E-state index >= 15 is 0 Å². The molecule has 5 atom stereocenters. The molecular weight excluding hydrogens is 1100 g/mol. The molecule has 0 aromatic carbocycles. The molecule has 3 N–H and O–H groups in total. The standard InChI is InChI=1S/C64H124O17P2/c1-54(2)40-32-24-16-12-10-9-11-13-19-30-38-46-63(68)80-59(50-74-61(66)44-36-28-18-15-14-17-25-33-41-55(3)4)52-78-82(70,71)76-48-58(65)49-77-83(72,73)79-53-60(81-64(69)47-39-31-23-21-27-35-43-57(7)8)51-75-62(67)45-37-29-22-20-26-34-42-56(5)6/h54-60,65H,9-53H2,1-8H3,(H,70,71)(H,72,73)/t58-,59-,60-/m1/s1. The number of aliphatic hydroxyl groups is 1. The quantitative estimate of drug-likeness (QED) is 0.0222. The number of carbonyl (C=O) groups is 4. The van der Waals surface area contributed by atoms with E-state index in [9.17, 15) is 43.2 Å². The van der Waals surface area contributed by atoms with Gasteiger partial charge in [0.15, 0.2) is 12.2 Å². The smallest absolute Gasteiger partial charge is 0.462 e. The first kappa shape index (κ1) is 81.1. The van der Waals surface area contributed by atoms with Gasteiger partial charge in [-0.3, -0.25) is 37.3 Å². The average Bonchev–Trinajstić information content (AvgIpc) is 3.44. The highest BCUT2D eigenvalue weighted by Gasteiger charge is 2.30. The van der Waals surface area contributed by atoms with E-state index in [1.54, 1.807) is 0 Å². The maximum absolute atomic E-state index is 13.0. The highest BCUT2D eigenvalue weighted by Crippen LogP contribution is 2.45. The topological polar surface area (TPSA) is 237 Å². The number of esters is 4. The summed E-state index contributed by atoms with van der Waals surface area (Å²) in [6, 6.07) is 0. The maximum Gasteiger partial charge on any atom is 0.472 e. The number of rotatable bonds is 61. The van der Waals surface area contributed by atoms with Crippen molar-refractivity contribution in [3.8, 4) is 0 Å². The van der Waals surface area contributed by atoms with E-state index in [-0.39, 0.29) is 25.7 Å².